The summed E-state index contributed by atoms with van der Waals surface area (Å²) in [6, 6.07) is 13.7. The molecule has 7 nitrogen and oxygen atoms in total. The highest BCUT2D eigenvalue weighted by Gasteiger charge is 2.22. The maximum Gasteiger partial charge on any atom is 0.227 e. The molecule has 1 saturated heterocycles. The van der Waals surface area contributed by atoms with E-state index in [-0.39, 0.29) is 18.1 Å². The number of rotatable bonds is 5. The number of carbonyl (C=O) groups excluding carboxylic acids is 1. The summed E-state index contributed by atoms with van der Waals surface area (Å²) in [5, 5.41) is 11.7. The van der Waals surface area contributed by atoms with Crippen LogP contribution in [0.4, 0.5) is 21.8 Å². The van der Waals surface area contributed by atoms with Gasteiger partial charge in [0.1, 0.15) is 11.6 Å². The number of amides is 1. The summed E-state index contributed by atoms with van der Waals surface area (Å²) in [6.45, 7) is 4.61. The van der Waals surface area contributed by atoms with Crippen LogP contribution >= 0.6 is 0 Å². The largest absolute Gasteiger partial charge is 0.352 e. The van der Waals surface area contributed by atoms with E-state index in [0.717, 1.165) is 22.8 Å². The number of halogens is 1. The third-order valence-electron chi connectivity index (χ3n) is 5.04. The Kier molecular flexibility index (Phi) is 5.83. The van der Waals surface area contributed by atoms with Gasteiger partial charge in [-0.05, 0) is 48.4 Å². The quantitative estimate of drug-likeness (QED) is 0.702. The average molecular weight is 406 g/mol. The molecule has 8 heteroatoms. The second-order valence-electron chi connectivity index (χ2n) is 7.29. The van der Waals surface area contributed by atoms with Crippen LogP contribution < -0.4 is 10.2 Å². The highest BCUT2D eigenvalue weighted by Crippen LogP contribution is 2.17. The van der Waals surface area contributed by atoms with Crippen molar-refractivity contribution < 1.29 is 9.18 Å². The number of aromatic nitrogens is 3. The molecule has 2 aromatic heterocycles. The number of hydrogen-bond donors (Lipinski definition) is 1. The van der Waals surface area contributed by atoms with Crippen molar-refractivity contribution in [3.8, 4) is 0 Å². The minimum atomic E-state index is -0.294. The Labute approximate surface area is 174 Å². The van der Waals surface area contributed by atoms with E-state index < -0.39 is 0 Å². The molecule has 0 bridgehead atoms. The number of anilines is 3. The number of pyridine rings is 1. The van der Waals surface area contributed by atoms with Gasteiger partial charge in [0.15, 0.2) is 11.6 Å². The van der Waals surface area contributed by atoms with Crippen LogP contribution in [0.2, 0.25) is 0 Å². The highest BCUT2D eigenvalue weighted by atomic mass is 19.1. The van der Waals surface area contributed by atoms with Crippen molar-refractivity contribution in [2.75, 3.05) is 36.4 Å². The van der Waals surface area contributed by atoms with Crippen LogP contribution in [0, 0.1) is 12.7 Å². The molecule has 3 aromatic rings. The van der Waals surface area contributed by atoms with E-state index in [0.29, 0.717) is 32.0 Å². The van der Waals surface area contributed by atoms with Crippen LogP contribution in [0.5, 0.6) is 0 Å². The summed E-state index contributed by atoms with van der Waals surface area (Å²) in [5.41, 5.74) is 1.91. The van der Waals surface area contributed by atoms with Crippen LogP contribution in [0.3, 0.4) is 0 Å². The third kappa shape index (κ3) is 4.89. The minimum absolute atomic E-state index is 0.0532. The number of nitrogens with zero attached hydrogens (tertiary/aromatic N) is 5. The van der Waals surface area contributed by atoms with Crippen molar-refractivity contribution in [1.29, 1.82) is 0 Å². The van der Waals surface area contributed by atoms with Gasteiger partial charge in [0.05, 0.1) is 6.42 Å². The van der Waals surface area contributed by atoms with E-state index in [2.05, 4.69) is 25.4 Å². The second-order valence-corrected chi connectivity index (χ2v) is 7.29. The topological polar surface area (TPSA) is 74.2 Å². The predicted molar refractivity (Wildman–Crippen MR) is 113 cm³/mol. The van der Waals surface area contributed by atoms with E-state index in [1.165, 1.54) is 12.1 Å². The summed E-state index contributed by atoms with van der Waals surface area (Å²) in [6.07, 6.45) is 2.08. The molecule has 1 N–H and O–H groups in total. The van der Waals surface area contributed by atoms with Crippen molar-refractivity contribution in [2.24, 2.45) is 0 Å². The molecule has 1 fully saturated rings. The first-order valence-electron chi connectivity index (χ1n) is 9.87. The number of benzene rings is 1. The Morgan fingerprint density at radius 1 is 0.967 bits per heavy atom. The zero-order valence-electron chi connectivity index (χ0n) is 16.8. The fourth-order valence-electron chi connectivity index (χ4n) is 3.31. The van der Waals surface area contributed by atoms with Crippen molar-refractivity contribution in [3.63, 3.8) is 0 Å². The van der Waals surface area contributed by atoms with Crippen molar-refractivity contribution >= 4 is 23.4 Å². The summed E-state index contributed by atoms with van der Waals surface area (Å²) in [4.78, 5) is 20.8. The molecule has 4 rings (SSSR count). The Morgan fingerprint density at radius 2 is 1.70 bits per heavy atom. The van der Waals surface area contributed by atoms with Crippen LogP contribution in [-0.4, -0.2) is 52.2 Å². The lowest BCUT2D eigenvalue weighted by Crippen LogP contribution is -2.49. The number of piperazine rings is 1. The van der Waals surface area contributed by atoms with Crippen LogP contribution in [-0.2, 0) is 11.2 Å². The Bertz CT molecular complexity index is 984. The first-order valence-corrected chi connectivity index (χ1v) is 9.87. The predicted octanol–water partition coefficient (Wildman–Crippen LogP) is 2.95. The van der Waals surface area contributed by atoms with Crippen molar-refractivity contribution in [3.05, 3.63) is 71.7 Å². The molecule has 0 atom stereocenters. The lowest BCUT2D eigenvalue weighted by molar-refractivity contribution is -0.130. The molecule has 1 aliphatic rings. The Hall–Kier alpha value is -3.55. The lowest BCUT2D eigenvalue weighted by atomic mass is 10.1. The van der Waals surface area contributed by atoms with Crippen LogP contribution in [0.25, 0.3) is 0 Å². The first-order chi connectivity index (χ1) is 14.6. The molecular weight excluding hydrogens is 383 g/mol. The molecular formula is C22H23FN6O. The zero-order valence-corrected chi connectivity index (χ0v) is 16.8. The average Bonchev–Trinajstić information content (AvgIpc) is 2.77. The van der Waals surface area contributed by atoms with E-state index in [1.54, 1.807) is 18.3 Å². The lowest BCUT2D eigenvalue weighted by Gasteiger charge is -2.35. The molecule has 0 radical (unpaired) electrons. The summed E-state index contributed by atoms with van der Waals surface area (Å²) in [7, 11) is 0. The summed E-state index contributed by atoms with van der Waals surface area (Å²) in [5.74, 6) is 1.89. The van der Waals surface area contributed by atoms with Gasteiger partial charge < -0.3 is 15.1 Å². The van der Waals surface area contributed by atoms with Crippen LogP contribution in [0.15, 0.2) is 54.7 Å². The van der Waals surface area contributed by atoms with Gasteiger partial charge in [-0.1, -0.05) is 18.2 Å². The van der Waals surface area contributed by atoms with E-state index in [4.69, 9.17) is 0 Å². The molecule has 3 heterocycles. The number of hydrogen-bond acceptors (Lipinski definition) is 6. The Balaban J connectivity index is 1.29. The smallest absolute Gasteiger partial charge is 0.227 e. The molecule has 0 unspecified atom stereocenters. The number of nitrogens with one attached hydrogen (secondary N) is 1. The molecule has 0 saturated carbocycles. The zero-order chi connectivity index (χ0) is 20.9. The molecule has 1 aromatic carbocycles. The molecule has 0 spiro atoms. The van der Waals surface area contributed by atoms with Gasteiger partial charge in [0.2, 0.25) is 5.91 Å². The van der Waals surface area contributed by atoms with E-state index in [9.17, 15) is 9.18 Å². The third-order valence-corrected chi connectivity index (χ3v) is 5.04. The number of aryl methyl sites for hydroxylation is 1. The monoisotopic (exact) mass is 406 g/mol. The van der Waals surface area contributed by atoms with Gasteiger partial charge in [0.25, 0.3) is 0 Å². The van der Waals surface area contributed by atoms with Crippen LogP contribution in [0.1, 0.15) is 11.1 Å². The fourth-order valence-corrected chi connectivity index (χ4v) is 3.31. The Morgan fingerprint density at radius 3 is 2.33 bits per heavy atom. The van der Waals surface area contributed by atoms with E-state index in [1.807, 2.05) is 36.1 Å². The number of carbonyl (C=O) groups is 1. The maximum absolute atomic E-state index is 13.0. The molecule has 30 heavy (non-hydrogen) atoms. The van der Waals surface area contributed by atoms with Gasteiger partial charge in [0, 0.05) is 32.4 Å². The molecule has 1 aliphatic heterocycles. The second kappa shape index (κ2) is 8.86. The van der Waals surface area contributed by atoms with E-state index >= 15 is 0 Å². The fraction of sp³-hybridized carbons (Fsp3) is 0.273. The first kappa shape index (κ1) is 19.8. The van der Waals surface area contributed by atoms with Crippen molar-refractivity contribution in [2.45, 2.75) is 13.3 Å². The minimum Gasteiger partial charge on any atom is -0.352 e. The summed E-state index contributed by atoms with van der Waals surface area (Å²) < 4.78 is 13.0. The summed E-state index contributed by atoms with van der Waals surface area (Å²) >= 11 is 0. The normalized spacial score (nSPS) is 13.9. The molecule has 0 aliphatic carbocycles. The van der Waals surface area contributed by atoms with Gasteiger partial charge in [-0.15, -0.1) is 10.2 Å². The van der Waals surface area contributed by atoms with Gasteiger partial charge in [-0.2, -0.15) is 0 Å². The molecule has 1 amide bonds. The standard InChI is InChI=1S/C22H23FN6O/c1-16-2-7-19(24-15-16)25-20-8-9-21(27-26-20)28-10-12-29(13-11-28)22(30)14-17-3-5-18(23)6-4-17/h2-9,15H,10-14H2,1H3,(H,24,25,26). The maximum atomic E-state index is 13.0. The van der Waals surface area contributed by atoms with Gasteiger partial charge in [-0.25, -0.2) is 9.37 Å². The van der Waals surface area contributed by atoms with Gasteiger partial charge >= 0.3 is 0 Å². The SMILES string of the molecule is Cc1ccc(Nc2ccc(N3CCN(C(=O)Cc4ccc(F)cc4)CC3)nn2)nc1. The highest BCUT2D eigenvalue weighted by molar-refractivity contribution is 5.79. The molecule has 154 valence electrons. The van der Waals surface area contributed by atoms with Crippen molar-refractivity contribution in [1.82, 2.24) is 20.1 Å². The van der Waals surface area contributed by atoms with Gasteiger partial charge in [-0.3, -0.25) is 4.79 Å².